The zero-order valence-corrected chi connectivity index (χ0v) is 9.42. The third-order valence-corrected chi connectivity index (χ3v) is 4.33. The lowest BCUT2D eigenvalue weighted by Gasteiger charge is -2.31. The Bertz CT molecular complexity index is 390. The van der Waals surface area contributed by atoms with Gasteiger partial charge in [0.25, 0.3) is 0 Å². The van der Waals surface area contributed by atoms with Gasteiger partial charge in [-0.15, -0.1) is 0 Å². The lowest BCUT2D eigenvalue weighted by atomic mass is 9.74. The quantitative estimate of drug-likeness (QED) is 0.743. The molecule has 1 fully saturated rings. The Hall–Kier alpha value is -0.820. The second kappa shape index (κ2) is 3.08. The van der Waals surface area contributed by atoms with Crippen LogP contribution in [-0.2, 0) is 5.41 Å². The van der Waals surface area contributed by atoms with Gasteiger partial charge in [-0.1, -0.05) is 23.8 Å². The minimum absolute atomic E-state index is 0.578. The second-order valence-corrected chi connectivity index (χ2v) is 5.34. The molecule has 1 saturated carbocycles. The first-order valence-electron chi connectivity index (χ1n) is 6.06. The highest BCUT2D eigenvalue weighted by Crippen LogP contribution is 2.57. The highest BCUT2D eigenvalue weighted by atomic mass is 14.6. The largest absolute Gasteiger partial charge is 0.330 e. The molecule has 1 aromatic rings. The molecule has 0 bridgehead atoms. The van der Waals surface area contributed by atoms with Gasteiger partial charge in [-0.05, 0) is 61.6 Å². The van der Waals surface area contributed by atoms with Crippen LogP contribution >= 0.6 is 0 Å². The van der Waals surface area contributed by atoms with E-state index in [1.165, 1.54) is 31.2 Å². The number of rotatable bonds is 1. The van der Waals surface area contributed by atoms with Gasteiger partial charge in [0, 0.05) is 0 Å². The molecule has 1 unspecified atom stereocenters. The third kappa shape index (κ3) is 1.33. The number of fused-ring (bicyclic) bond motifs is 2. The van der Waals surface area contributed by atoms with E-state index in [4.69, 9.17) is 5.73 Å². The summed E-state index contributed by atoms with van der Waals surface area (Å²) in [7, 11) is 0. The number of aryl methyl sites for hydroxylation is 1. The predicted octanol–water partition coefficient (Wildman–Crippen LogP) is 2.86. The summed E-state index contributed by atoms with van der Waals surface area (Å²) in [4.78, 5) is 0. The molecule has 1 atom stereocenters. The molecule has 2 aliphatic carbocycles. The van der Waals surface area contributed by atoms with Crippen molar-refractivity contribution in [1.82, 2.24) is 0 Å². The van der Waals surface area contributed by atoms with Gasteiger partial charge in [0.2, 0.25) is 0 Å². The molecule has 0 aromatic heterocycles. The van der Waals surface area contributed by atoms with Gasteiger partial charge in [-0.2, -0.15) is 0 Å². The third-order valence-electron chi connectivity index (χ3n) is 4.33. The molecular weight excluding hydrogens is 182 g/mol. The molecule has 0 amide bonds. The van der Waals surface area contributed by atoms with Gasteiger partial charge in [0.15, 0.2) is 0 Å². The first-order valence-corrected chi connectivity index (χ1v) is 6.06. The lowest BCUT2D eigenvalue weighted by molar-refractivity contribution is 0.475. The molecule has 80 valence electrons. The summed E-state index contributed by atoms with van der Waals surface area (Å²) in [5.41, 5.74) is 11.0. The van der Waals surface area contributed by atoms with E-state index in [1.807, 2.05) is 0 Å². The van der Waals surface area contributed by atoms with E-state index in [-0.39, 0.29) is 0 Å². The summed E-state index contributed by atoms with van der Waals surface area (Å²) in [5, 5.41) is 0. The standard InChI is InChI=1S/C14H19N/c1-10-2-3-13-12(8-10)11(9-15)4-5-14(13)6-7-14/h2-3,8,11H,4-7,9,15H2,1H3. The number of hydrogen-bond acceptors (Lipinski definition) is 1. The molecule has 15 heavy (non-hydrogen) atoms. The molecule has 0 saturated heterocycles. The fraction of sp³-hybridized carbons (Fsp3) is 0.571. The van der Waals surface area contributed by atoms with Gasteiger partial charge >= 0.3 is 0 Å². The van der Waals surface area contributed by atoms with Crippen molar-refractivity contribution in [2.75, 3.05) is 6.54 Å². The summed E-state index contributed by atoms with van der Waals surface area (Å²) in [6, 6.07) is 6.99. The van der Waals surface area contributed by atoms with Crippen molar-refractivity contribution in [3.63, 3.8) is 0 Å². The van der Waals surface area contributed by atoms with Crippen molar-refractivity contribution in [3.05, 3.63) is 34.9 Å². The summed E-state index contributed by atoms with van der Waals surface area (Å²) in [6.45, 7) is 2.99. The van der Waals surface area contributed by atoms with Crippen LogP contribution in [0.15, 0.2) is 18.2 Å². The van der Waals surface area contributed by atoms with E-state index >= 15 is 0 Å². The average Bonchev–Trinajstić information content (AvgIpc) is 2.99. The summed E-state index contributed by atoms with van der Waals surface area (Å²) in [6.07, 6.45) is 5.47. The molecule has 2 N–H and O–H groups in total. The highest BCUT2D eigenvalue weighted by molar-refractivity contribution is 5.45. The Morgan fingerprint density at radius 3 is 2.80 bits per heavy atom. The zero-order chi connectivity index (χ0) is 10.5. The molecule has 0 radical (unpaired) electrons. The van der Waals surface area contributed by atoms with Crippen LogP contribution in [0.5, 0.6) is 0 Å². The molecule has 1 nitrogen and oxygen atoms in total. The average molecular weight is 201 g/mol. The van der Waals surface area contributed by atoms with Crippen LogP contribution in [0.3, 0.4) is 0 Å². The monoisotopic (exact) mass is 201 g/mol. The van der Waals surface area contributed by atoms with E-state index < -0.39 is 0 Å². The predicted molar refractivity (Wildman–Crippen MR) is 63.1 cm³/mol. The molecule has 1 heteroatoms. The van der Waals surface area contributed by atoms with Crippen molar-refractivity contribution < 1.29 is 0 Å². The Labute approximate surface area is 91.7 Å². The molecule has 0 aliphatic heterocycles. The topological polar surface area (TPSA) is 26.0 Å². The molecule has 0 heterocycles. The van der Waals surface area contributed by atoms with Gasteiger partial charge in [-0.25, -0.2) is 0 Å². The van der Waals surface area contributed by atoms with Crippen LogP contribution in [0.1, 0.15) is 48.3 Å². The Morgan fingerprint density at radius 1 is 1.33 bits per heavy atom. The van der Waals surface area contributed by atoms with E-state index in [1.54, 1.807) is 11.1 Å². The summed E-state index contributed by atoms with van der Waals surface area (Å²) in [5.74, 6) is 0.617. The molecule has 2 aliphatic rings. The number of nitrogens with two attached hydrogens (primary N) is 1. The SMILES string of the molecule is Cc1ccc2c(c1)C(CN)CCC21CC1. The molecule has 1 aromatic carbocycles. The van der Waals surface area contributed by atoms with Gasteiger partial charge in [-0.3, -0.25) is 0 Å². The first-order chi connectivity index (χ1) is 7.25. The van der Waals surface area contributed by atoms with E-state index in [0.29, 0.717) is 11.3 Å². The van der Waals surface area contributed by atoms with Crippen molar-refractivity contribution >= 4 is 0 Å². The maximum Gasteiger partial charge on any atom is -0.000812 e. The molecular formula is C14H19N. The fourth-order valence-electron chi connectivity index (χ4n) is 3.16. The van der Waals surface area contributed by atoms with E-state index in [2.05, 4.69) is 25.1 Å². The van der Waals surface area contributed by atoms with Gasteiger partial charge in [0.1, 0.15) is 0 Å². The van der Waals surface area contributed by atoms with Crippen molar-refractivity contribution in [1.29, 1.82) is 0 Å². The van der Waals surface area contributed by atoms with Crippen LogP contribution in [0, 0.1) is 6.92 Å². The van der Waals surface area contributed by atoms with Crippen molar-refractivity contribution in [3.8, 4) is 0 Å². The smallest absolute Gasteiger partial charge is 0.000812 e. The minimum atomic E-state index is 0.578. The highest BCUT2D eigenvalue weighted by Gasteiger charge is 2.48. The fourth-order valence-corrected chi connectivity index (χ4v) is 3.16. The number of benzene rings is 1. The van der Waals surface area contributed by atoms with Crippen LogP contribution in [-0.4, -0.2) is 6.54 Å². The normalized spacial score (nSPS) is 26.4. The van der Waals surface area contributed by atoms with Crippen LogP contribution in [0.25, 0.3) is 0 Å². The van der Waals surface area contributed by atoms with Gasteiger partial charge in [0.05, 0.1) is 0 Å². The maximum atomic E-state index is 5.88. The minimum Gasteiger partial charge on any atom is -0.330 e. The van der Waals surface area contributed by atoms with Crippen molar-refractivity contribution in [2.45, 2.75) is 43.9 Å². The Morgan fingerprint density at radius 2 is 2.13 bits per heavy atom. The molecule has 3 rings (SSSR count). The lowest BCUT2D eigenvalue weighted by Crippen LogP contribution is -2.24. The molecule has 1 spiro atoms. The zero-order valence-electron chi connectivity index (χ0n) is 9.42. The van der Waals surface area contributed by atoms with Crippen molar-refractivity contribution in [2.24, 2.45) is 5.73 Å². The number of hydrogen-bond donors (Lipinski definition) is 1. The Balaban J connectivity index is 2.12. The van der Waals surface area contributed by atoms with Crippen LogP contribution < -0.4 is 5.73 Å². The summed E-state index contributed by atoms with van der Waals surface area (Å²) < 4.78 is 0. The maximum absolute atomic E-state index is 5.88. The second-order valence-electron chi connectivity index (χ2n) is 5.34. The van der Waals surface area contributed by atoms with Gasteiger partial charge < -0.3 is 5.73 Å². The first kappa shape index (κ1) is 9.41. The Kier molecular flexibility index (Phi) is 1.93. The summed E-state index contributed by atoms with van der Waals surface area (Å²) >= 11 is 0. The van der Waals surface area contributed by atoms with E-state index in [0.717, 1.165) is 6.54 Å². The van der Waals surface area contributed by atoms with E-state index in [9.17, 15) is 0 Å². The van der Waals surface area contributed by atoms with Crippen LogP contribution in [0.2, 0.25) is 0 Å². The van der Waals surface area contributed by atoms with Crippen LogP contribution in [0.4, 0.5) is 0 Å².